The molecule has 6 nitrogen and oxygen atoms in total. The number of ether oxygens (including phenoxy) is 1. The fraction of sp³-hybridized carbons (Fsp3) is 0.409. The molecule has 2 N–H and O–H groups in total. The van der Waals surface area contributed by atoms with Gasteiger partial charge in [-0.25, -0.2) is 4.98 Å². The minimum Gasteiger partial charge on any atom is -0.376 e. The molecule has 0 aliphatic carbocycles. The molecule has 158 valence electrons. The van der Waals surface area contributed by atoms with E-state index in [4.69, 9.17) is 15.5 Å². The number of carbonyl (C=O) groups excluding carboxylic acids is 1. The van der Waals surface area contributed by atoms with Crippen molar-refractivity contribution >= 4 is 39.2 Å². The maximum atomic E-state index is 13.6. The number of primary amides is 1. The Hall–Kier alpha value is -2.16. The molecule has 1 fully saturated rings. The molecule has 3 aromatic rings. The molecule has 0 spiro atoms. The summed E-state index contributed by atoms with van der Waals surface area (Å²) in [5.41, 5.74) is 7.53. The third kappa shape index (κ3) is 4.04. The summed E-state index contributed by atoms with van der Waals surface area (Å²) in [5, 5.41) is 0.579. The predicted octanol–water partition coefficient (Wildman–Crippen LogP) is 3.83. The molecule has 2 unspecified atom stereocenters. The van der Waals surface area contributed by atoms with Gasteiger partial charge < -0.3 is 10.5 Å². The molecule has 1 aliphatic rings. The van der Waals surface area contributed by atoms with Crippen LogP contribution in [0.5, 0.6) is 0 Å². The van der Waals surface area contributed by atoms with Gasteiger partial charge in [0.2, 0.25) is 5.91 Å². The molecular weight excluding hydrogens is 418 g/mol. The van der Waals surface area contributed by atoms with E-state index in [9.17, 15) is 9.59 Å². The standard InChI is InChI=1S/C22H25N3O3S2/c1-3-16-13(2)29-20-17(16)21(27)25(12-15-10-7-11-28-15)22(24-20)30-18(19(23)26)14-8-5-4-6-9-14/h4-6,8-9,15,18H,3,7,10-12H2,1-2H3,(H2,23,26). The maximum Gasteiger partial charge on any atom is 0.263 e. The number of aromatic nitrogens is 2. The second kappa shape index (κ2) is 8.91. The summed E-state index contributed by atoms with van der Waals surface area (Å²) in [5.74, 6) is -0.458. The third-order valence-corrected chi connectivity index (χ3v) is 7.73. The molecule has 3 heterocycles. The first-order valence-corrected chi connectivity index (χ1v) is 11.8. The van der Waals surface area contributed by atoms with Crippen molar-refractivity contribution in [2.75, 3.05) is 6.61 Å². The van der Waals surface area contributed by atoms with E-state index in [2.05, 4.69) is 6.92 Å². The first-order chi connectivity index (χ1) is 14.5. The van der Waals surface area contributed by atoms with E-state index in [-0.39, 0.29) is 11.7 Å². The Morgan fingerprint density at radius 2 is 2.17 bits per heavy atom. The topological polar surface area (TPSA) is 87.2 Å². The van der Waals surface area contributed by atoms with Crippen LogP contribution in [0.4, 0.5) is 0 Å². The van der Waals surface area contributed by atoms with Gasteiger partial charge in [-0.3, -0.25) is 14.2 Å². The van der Waals surface area contributed by atoms with E-state index in [0.717, 1.165) is 40.1 Å². The minimum atomic E-state index is -0.627. The lowest BCUT2D eigenvalue weighted by atomic mass is 10.1. The van der Waals surface area contributed by atoms with Gasteiger partial charge in [-0.2, -0.15) is 0 Å². The summed E-state index contributed by atoms with van der Waals surface area (Å²) >= 11 is 2.77. The lowest BCUT2D eigenvalue weighted by molar-refractivity contribution is -0.117. The van der Waals surface area contributed by atoms with Crippen molar-refractivity contribution in [1.29, 1.82) is 0 Å². The summed E-state index contributed by atoms with van der Waals surface area (Å²) in [7, 11) is 0. The van der Waals surface area contributed by atoms with Crippen molar-refractivity contribution in [2.45, 2.75) is 56.2 Å². The Bertz CT molecular complexity index is 1120. The highest BCUT2D eigenvalue weighted by Gasteiger charge is 2.26. The Morgan fingerprint density at radius 1 is 1.40 bits per heavy atom. The van der Waals surface area contributed by atoms with Crippen molar-refractivity contribution in [3.63, 3.8) is 0 Å². The van der Waals surface area contributed by atoms with Crippen LogP contribution in [0, 0.1) is 6.92 Å². The van der Waals surface area contributed by atoms with Crippen LogP contribution in [0.3, 0.4) is 0 Å². The van der Waals surface area contributed by atoms with Crippen LogP contribution >= 0.6 is 23.1 Å². The van der Waals surface area contributed by atoms with E-state index < -0.39 is 11.2 Å². The van der Waals surface area contributed by atoms with Crippen LogP contribution in [-0.2, 0) is 22.5 Å². The highest BCUT2D eigenvalue weighted by Crippen LogP contribution is 2.36. The van der Waals surface area contributed by atoms with E-state index >= 15 is 0 Å². The van der Waals surface area contributed by atoms with E-state index in [1.54, 1.807) is 4.57 Å². The Kier molecular flexibility index (Phi) is 6.26. The monoisotopic (exact) mass is 443 g/mol. The van der Waals surface area contributed by atoms with Crippen LogP contribution in [0.25, 0.3) is 10.2 Å². The first kappa shape index (κ1) is 21.1. The summed E-state index contributed by atoms with van der Waals surface area (Å²) < 4.78 is 7.48. The number of aryl methyl sites for hydroxylation is 2. The molecule has 8 heteroatoms. The van der Waals surface area contributed by atoms with Crippen LogP contribution in [0.1, 0.15) is 41.0 Å². The molecule has 1 aliphatic heterocycles. The van der Waals surface area contributed by atoms with Gasteiger partial charge in [0.15, 0.2) is 5.16 Å². The average Bonchev–Trinajstić information content (AvgIpc) is 3.36. The van der Waals surface area contributed by atoms with Crippen molar-refractivity contribution in [3.05, 3.63) is 56.7 Å². The third-order valence-electron chi connectivity index (χ3n) is 5.43. The van der Waals surface area contributed by atoms with Gasteiger partial charge in [0, 0.05) is 11.5 Å². The second-order valence-electron chi connectivity index (χ2n) is 7.43. The summed E-state index contributed by atoms with van der Waals surface area (Å²) in [4.78, 5) is 32.5. The molecule has 1 amide bonds. The van der Waals surface area contributed by atoms with E-state index in [1.807, 2.05) is 37.3 Å². The van der Waals surface area contributed by atoms with E-state index in [0.29, 0.717) is 23.7 Å². The van der Waals surface area contributed by atoms with Gasteiger partial charge in [-0.05, 0) is 37.3 Å². The van der Waals surface area contributed by atoms with Crippen molar-refractivity contribution in [2.24, 2.45) is 5.73 Å². The van der Waals surface area contributed by atoms with Gasteiger partial charge in [-0.1, -0.05) is 49.0 Å². The number of hydrogen-bond donors (Lipinski definition) is 1. The highest BCUT2D eigenvalue weighted by atomic mass is 32.2. The largest absolute Gasteiger partial charge is 0.376 e. The fourth-order valence-electron chi connectivity index (χ4n) is 3.92. The molecule has 0 bridgehead atoms. The number of rotatable bonds is 7. The van der Waals surface area contributed by atoms with Crippen LogP contribution in [0.15, 0.2) is 40.3 Å². The molecule has 4 rings (SSSR count). The molecule has 30 heavy (non-hydrogen) atoms. The lowest BCUT2D eigenvalue weighted by Crippen LogP contribution is -2.29. The van der Waals surface area contributed by atoms with Crippen LogP contribution < -0.4 is 11.3 Å². The van der Waals surface area contributed by atoms with E-state index in [1.165, 1.54) is 23.1 Å². The number of fused-ring (bicyclic) bond motifs is 1. The number of nitrogens with two attached hydrogens (primary N) is 1. The molecule has 2 atom stereocenters. The number of benzene rings is 1. The molecule has 0 saturated carbocycles. The number of amides is 1. The second-order valence-corrected chi connectivity index (χ2v) is 9.70. The van der Waals surface area contributed by atoms with Crippen molar-refractivity contribution in [3.8, 4) is 0 Å². The van der Waals surface area contributed by atoms with Crippen LogP contribution in [0.2, 0.25) is 0 Å². The summed E-state index contributed by atoms with van der Waals surface area (Å²) in [6, 6.07) is 9.38. The Balaban J connectivity index is 1.84. The molecule has 1 aromatic carbocycles. The summed E-state index contributed by atoms with van der Waals surface area (Å²) in [6.45, 7) is 5.23. The highest BCUT2D eigenvalue weighted by molar-refractivity contribution is 8.00. The maximum absolute atomic E-state index is 13.6. The zero-order chi connectivity index (χ0) is 21.3. The van der Waals surface area contributed by atoms with Gasteiger partial charge in [0.25, 0.3) is 5.56 Å². The fourth-order valence-corrected chi connectivity index (χ4v) is 6.13. The SMILES string of the molecule is CCc1c(C)sc2nc(SC(C(N)=O)c3ccccc3)n(CC3CCCO3)c(=O)c12. The number of carbonyl (C=O) groups is 1. The Labute approximate surface area is 183 Å². The quantitative estimate of drug-likeness (QED) is 0.443. The Morgan fingerprint density at radius 3 is 2.80 bits per heavy atom. The van der Waals surface area contributed by atoms with Crippen LogP contribution in [-0.4, -0.2) is 28.2 Å². The number of thiophene rings is 1. The molecular formula is C22H25N3O3S2. The molecule has 1 saturated heterocycles. The van der Waals surface area contributed by atoms with Gasteiger partial charge in [0.1, 0.15) is 10.1 Å². The predicted molar refractivity (Wildman–Crippen MR) is 121 cm³/mol. The van der Waals surface area contributed by atoms with Gasteiger partial charge >= 0.3 is 0 Å². The molecule has 0 radical (unpaired) electrons. The minimum absolute atomic E-state index is 0.0186. The number of hydrogen-bond acceptors (Lipinski definition) is 6. The number of nitrogens with zero attached hydrogens (tertiary/aromatic N) is 2. The average molecular weight is 444 g/mol. The molecule has 2 aromatic heterocycles. The number of thioether (sulfide) groups is 1. The smallest absolute Gasteiger partial charge is 0.263 e. The lowest BCUT2D eigenvalue weighted by Gasteiger charge is -2.19. The zero-order valence-corrected chi connectivity index (χ0v) is 18.7. The van der Waals surface area contributed by atoms with Gasteiger partial charge in [-0.15, -0.1) is 11.3 Å². The van der Waals surface area contributed by atoms with Crippen molar-refractivity contribution < 1.29 is 9.53 Å². The zero-order valence-electron chi connectivity index (χ0n) is 17.1. The van der Waals surface area contributed by atoms with Crippen molar-refractivity contribution in [1.82, 2.24) is 9.55 Å². The normalized spacial score (nSPS) is 17.5. The summed E-state index contributed by atoms with van der Waals surface area (Å²) in [6.07, 6.45) is 2.66. The first-order valence-electron chi connectivity index (χ1n) is 10.1. The van der Waals surface area contributed by atoms with Gasteiger partial charge in [0.05, 0.1) is 18.0 Å².